The number of thiophene rings is 1. The number of hydrogen-bond acceptors (Lipinski definition) is 3. The molecule has 4 heteroatoms. The van der Waals surface area contributed by atoms with E-state index >= 15 is 0 Å². The summed E-state index contributed by atoms with van der Waals surface area (Å²) in [6.45, 7) is 2.51. The van der Waals surface area contributed by atoms with Crippen LogP contribution >= 0.6 is 11.3 Å². The summed E-state index contributed by atoms with van der Waals surface area (Å²) in [4.78, 5) is 15.0. The molecule has 1 aromatic rings. The average Bonchev–Trinajstić information content (AvgIpc) is 2.89. The highest BCUT2D eigenvalue weighted by Gasteiger charge is 2.13. The Bertz CT molecular complexity index is 338. The number of likely N-dealkylation sites (N-methyl/N-ethyl adjacent to an activating group) is 1. The lowest BCUT2D eigenvalue weighted by Gasteiger charge is -2.23. The van der Waals surface area contributed by atoms with Crippen LogP contribution in [0.1, 0.15) is 37.5 Å². The first kappa shape index (κ1) is 15.2. The van der Waals surface area contributed by atoms with Crippen LogP contribution < -0.4 is 5.73 Å². The van der Waals surface area contributed by atoms with Gasteiger partial charge in [-0.2, -0.15) is 0 Å². The molecule has 0 fully saturated rings. The number of nitrogens with zero attached hydrogens (tertiary/aromatic N) is 1. The minimum absolute atomic E-state index is 0.142. The van der Waals surface area contributed by atoms with E-state index in [1.807, 2.05) is 25.3 Å². The zero-order valence-electron chi connectivity index (χ0n) is 11.4. The number of carbonyl (C=O) groups is 1. The van der Waals surface area contributed by atoms with Gasteiger partial charge >= 0.3 is 0 Å². The summed E-state index contributed by atoms with van der Waals surface area (Å²) in [5, 5.41) is 2.11. The predicted molar refractivity (Wildman–Crippen MR) is 77.8 cm³/mol. The SMILES string of the molecule is CC(CN)N(C)C(=O)CCCCCc1cccs1. The minimum Gasteiger partial charge on any atom is -0.342 e. The zero-order valence-corrected chi connectivity index (χ0v) is 12.2. The largest absolute Gasteiger partial charge is 0.342 e. The van der Waals surface area contributed by atoms with Crippen molar-refractivity contribution in [2.75, 3.05) is 13.6 Å². The van der Waals surface area contributed by atoms with Crippen LogP contribution in [0.5, 0.6) is 0 Å². The summed E-state index contributed by atoms with van der Waals surface area (Å²) < 4.78 is 0. The van der Waals surface area contributed by atoms with Crippen molar-refractivity contribution in [2.24, 2.45) is 5.73 Å². The van der Waals surface area contributed by atoms with E-state index in [9.17, 15) is 4.79 Å². The molecule has 0 saturated carbocycles. The molecule has 2 N–H and O–H groups in total. The van der Waals surface area contributed by atoms with Crippen LogP contribution in [0.3, 0.4) is 0 Å². The fourth-order valence-electron chi connectivity index (χ4n) is 1.79. The Kier molecular flexibility index (Phi) is 6.98. The molecule has 1 heterocycles. The fraction of sp³-hybridized carbons (Fsp3) is 0.643. The topological polar surface area (TPSA) is 46.3 Å². The number of unbranched alkanes of at least 4 members (excludes halogenated alkanes) is 2. The Morgan fingerprint density at radius 3 is 2.83 bits per heavy atom. The van der Waals surface area contributed by atoms with Crippen LogP contribution in [-0.4, -0.2) is 30.4 Å². The second-order valence-corrected chi connectivity index (χ2v) is 5.76. The molecule has 1 rings (SSSR count). The van der Waals surface area contributed by atoms with E-state index in [1.54, 1.807) is 4.90 Å². The van der Waals surface area contributed by atoms with Gasteiger partial charge in [0.05, 0.1) is 0 Å². The third-order valence-corrected chi connectivity index (χ3v) is 4.23. The lowest BCUT2D eigenvalue weighted by atomic mass is 10.1. The van der Waals surface area contributed by atoms with Gasteiger partial charge in [0.15, 0.2) is 0 Å². The molecule has 0 aromatic carbocycles. The molecule has 1 amide bonds. The van der Waals surface area contributed by atoms with Gasteiger partial charge in [-0.15, -0.1) is 11.3 Å². The molecule has 1 atom stereocenters. The van der Waals surface area contributed by atoms with Crippen LogP contribution in [0.25, 0.3) is 0 Å². The summed E-state index contributed by atoms with van der Waals surface area (Å²) in [7, 11) is 1.84. The van der Waals surface area contributed by atoms with E-state index in [0.717, 1.165) is 19.3 Å². The average molecular weight is 268 g/mol. The second-order valence-electron chi connectivity index (χ2n) is 4.73. The van der Waals surface area contributed by atoms with Gasteiger partial charge in [0, 0.05) is 30.9 Å². The first-order chi connectivity index (χ1) is 8.65. The Morgan fingerprint density at radius 2 is 2.22 bits per heavy atom. The summed E-state index contributed by atoms with van der Waals surface area (Å²) in [6, 6.07) is 4.41. The molecule has 0 aliphatic heterocycles. The van der Waals surface area contributed by atoms with Gasteiger partial charge < -0.3 is 10.6 Å². The highest BCUT2D eigenvalue weighted by atomic mass is 32.1. The molecule has 0 saturated heterocycles. The van der Waals surface area contributed by atoms with Gasteiger partial charge in [-0.1, -0.05) is 12.5 Å². The van der Waals surface area contributed by atoms with Crippen LogP contribution in [0.4, 0.5) is 0 Å². The van der Waals surface area contributed by atoms with E-state index in [-0.39, 0.29) is 11.9 Å². The van der Waals surface area contributed by atoms with E-state index in [0.29, 0.717) is 13.0 Å². The molecule has 0 aliphatic carbocycles. The van der Waals surface area contributed by atoms with E-state index < -0.39 is 0 Å². The number of nitrogens with two attached hydrogens (primary N) is 1. The van der Waals surface area contributed by atoms with Crippen LogP contribution in [0.2, 0.25) is 0 Å². The van der Waals surface area contributed by atoms with Gasteiger partial charge in [0.1, 0.15) is 0 Å². The molecule has 1 aromatic heterocycles. The summed E-state index contributed by atoms with van der Waals surface area (Å²) in [5.41, 5.74) is 5.55. The number of aryl methyl sites for hydroxylation is 1. The monoisotopic (exact) mass is 268 g/mol. The van der Waals surface area contributed by atoms with Crippen molar-refractivity contribution in [1.29, 1.82) is 0 Å². The number of carbonyl (C=O) groups excluding carboxylic acids is 1. The highest BCUT2D eigenvalue weighted by molar-refractivity contribution is 7.09. The van der Waals surface area contributed by atoms with Crippen LogP contribution in [-0.2, 0) is 11.2 Å². The lowest BCUT2D eigenvalue weighted by molar-refractivity contribution is -0.131. The van der Waals surface area contributed by atoms with Crippen LogP contribution in [0.15, 0.2) is 17.5 Å². The number of hydrogen-bond donors (Lipinski definition) is 1. The van der Waals surface area contributed by atoms with Gasteiger partial charge in [-0.05, 0) is 37.6 Å². The summed E-state index contributed by atoms with van der Waals surface area (Å²) >= 11 is 1.81. The van der Waals surface area contributed by atoms with Crippen molar-refractivity contribution in [3.63, 3.8) is 0 Å². The first-order valence-corrected chi connectivity index (χ1v) is 7.51. The quantitative estimate of drug-likeness (QED) is 0.737. The van der Waals surface area contributed by atoms with Gasteiger partial charge in [0.2, 0.25) is 5.91 Å². The van der Waals surface area contributed by atoms with Crippen molar-refractivity contribution in [1.82, 2.24) is 4.90 Å². The molecular formula is C14H24N2OS. The molecule has 18 heavy (non-hydrogen) atoms. The zero-order chi connectivity index (χ0) is 13.4. The molecule has 0 spiro atoms. The predicted octanol–water partition coefficient (Wildman–Crippen LogP) is 2.66. The van der Waals surface area contributed by atoms with E-state index in [4.69, 9.17) is 5.73 Å². The Balaban J connectivity index is 2.08. The molecule has 3 nitrogen and oxygen atoms in total. The van der Waals surface area contributed by atoms with Crippen molar-refractivity contribution >= 4 is 17.2 Å². The standard InChI is InChI=1S/C14H24N2OS/c1-12(11-15)16(2)14(17)9-5-3-4-7-13-8-6-10-18-13/h6,8,10,12H,3-5,7,9,11,15H2,1-2H3. The van der Waals surface area contributed by atoms with E-state index in [2.05, 4.69) is 17.5 Å². The van der Waals surface area contributed by atoms with Gasteiger partial charge in [-0.3, -0.25) is 4.79 Å². The van der Waals surface area contributed by atoms with Gasteiger partial charge in [0.25, 0.3) is 0 Å². The maximum absolute atomic E-state index is 11.8. The van der Waals surface area contributed by atoms with Crippen LogP contribution in [0, 0.1) is 0 Å². The van der Waals surface area contributed by atoms with E-state index in [1.165, 1.54) is 11.3 Å². The van der Waals surface area contributed by atoms with Crippen molar-refractivity contribution < 1.29 is 4.79 Å². The van der Waals surface area contributed by atoms with Gasteiger partial charge in [-0.25, -0.2) is 0 Å². The van der Waals surface area contributed by atoms with Crippen molar-refractivity contribution in [3.8, 4) is 0 Å². The maximum atomic E-state index is 11.8. The highest BCUT2D eigenvalue weighted by Crippen LogP contribution is 2.13. The normalized spacial score (nSPS) is 12.4. The fourth-order valence-corrected chi connectivity index (χ4v) is 2.54. The van der Waals surface area contributed by atoms with Crippen molar-refractivity contribution in [2.45, 2.75) is 45.1 Å². The molecule has 0 aliphatic rings. The Labute approximate surface area is 114 Å². The first-order valence-electron chi connectivity index (χ1n) is 6.63. The Morgan fingerprint density at radius 1 is 1.44 bits per heavy atom. The molecule has 0 bridgehead atoms. The molecular weight excluding hydrogens is 244 g/mol. The van der Waals surface area contributed by atoms with Crippen molar-refractivity contribution in [3.05, 3.63) is 22.4 Å². The molecule has 0 radical (unpaired) electrons. The number of amides is 1. The maximum Gasteiger partial charge on any atom is 0.222 e. The minimum atomic E-state index is 0.142. The molecule has 102 valence electrons. The Hall–Kier alpha value is -0.870. The summed E-state index contributed by atoms with van der Waals surface area (Å²) in [6.07, 6.45) is 5.05. The smallest absolute Gasteiger partial charge is 0.222 e. The number of rotatable bonds is 8. The molecule has 1 unspecified atom stereocenters. The lowest BCUT2D eigenvalue weighted by Crippen LogP contribution is -2.39. The summed E-state index contributed by atoms with van der Waals surface area (Å²) in [5.74, 6) is 0.212. The third-order valence-electron chi connectivity index (χ3n) is 3.29. The third kappa shape index (κ3) is 5.19. The second kappa shape index (κ2) is 8.27.